The van der Waals surface area contributed by atoms with Crippen molar-refractivity contribution in [3.8, 4) is 0 Å². The lowest BCUT2D eigenvalue weighted by molar-refractivity contribution is 0.763. The fourth-order valence-electron chi connectivity index (χ4n) is 2.28. The minimum Gasteiger partial charge on any atom is -0.383 e. The minimum absolute atomic E-state index is 0.501. The molecule has 19 heavy (non-hydrogen) atoms. The van der Waals surface area contributed by atoms with Gasteiger partial charge in [0.05, 0.1) is 11.1 Å². The Bertz CT molecular complexity index is 730. The maximum Gasteiger partial charge on any atom is 0.163 e. The van der Waals surface area contributed by atoms with Crippen molar-refractivity contribution >= 4 is 16.9 Å². The second-order valence-corrected chi connectivity index (χ2v) is 4.59. The third kappa shape index (κ3) is 2.03. The zero-order valence-corrected chi connectivity index (χ0v) is 11.0. The van der Waals surface area contributed by atoms with Crippen LogP contribution in [0.4, 0.5) is 5.82 Å². The molecule has 0 aliphatic carbocycles. The summed E-state index contributed by atoms with van der Waals surface area (Å²) in [5, 5.41) is 5.38. The molecule has 0 radical (unpaired) electrons. The van der Waals surface area contributed by atoms with Crippen LogP contribution in [0.1, 0.15) is 17.1 Å². The van der Waals surface area contributed by atoms with Gasteiger partial charge in [-0.25, -0.2) is 14.6 Å². The molecule has 0 spiro atoms. The molecule has 2 heterocycles. The van der Waals surface area contributed by atoms with Gasteiger partial charge in [0.15, 0.2) is 5.65 Å². The highest BCUT2D eigenvalue weighted by Gasteiger charge is 2.14. The normalized spacial score (nSPS) is 11.1. The fourth-order valence-corrected chi connectivity index (χ4v) is 2.28. The summed E-state index contributed by atoms with van der Waals surface area (Å²) < 4.78 is 1.76. The van der Waals surface area contributed by atoms with Crippen molar-refractivity contribution in [3.63, 3.8) is 0 Å². The van der Waals surface area contributed by atoms with Crippen LogP contribution >= 0.6 is 0 Å². The molecule has 0 amide bonds. The summed E-state index contributed by atoms with van der Waals surface area (Å²) in [5.41, 5.74) is 8.92. The number of nitrogen functional groups attached to an aromatic ring is 1. The molecule has 0 aliphatic heterocycles. The summed E-state index contributed by atoms with van der Waals surface area (Å²) in [7, 11) is 1.88. The molecule has 0 atom stereocenters. The Morgan fingerprint density at radius 1 is 1.16 bits per heavy atom. The molecule has 5 heteroatoms. The van der Waals surface area contributed by atoms with Crippen LogP contribution in [0.25, 0.3) is 11.0 Å². The lowest BCUT2D eigenvalue weighted by Crippen LogP contribution is -1.99. The number of anilines is 1. The van der Waals surface area contributed by atoms with E-state index >= 15 is 0 Å². The predicted octanol–water partition coefficient (Wildman–Crippen LogP) is 1.84. The summed E-state index contributed by atoms with van der Waals surface area (Å²) in [4.78, 5) is 8.64. The molecular weight excluding hydrogens is 238 g/mol. The zero-order valence-electron chi connectivity index (χ0n) is 11.0. The Hall–Kier alpha value is -2.43. The molecule has 0 bridgehead atoms. The average Bonchev–Trinajstić information content (AvgIpc) is 2.67. The first-order valence-corrected chi connectivity index (χ1v) is 6.15. The topological polar surface area (TPSA) is 69.6 Å². The smallest absolute Gasteiger partial charge is 0.163 e. The van der Waals surface area contributed by atoms with E-state index < -0.39 is 0 Å². The van der Waals surface area contributed by atoms with E-state index in [0.717, 1.165) is 23.1 Å². The first-order chi connectivity index (χ1) is 9.15. The number of hydrogen-bond acceptors (Lipinski definition) is 4. The number of hydrogen-bond donors (Lipinski definition) is 1. The van der Waals surface area contributed by atoms with Gasteiger partial charge in [0.2, 0.25) is 0 Å². The van der Waals surface area contributed by atoms with Gasteiger partial charge in [-0.15, -0.1) is 0 Å². The number of nitrogens with two attached hydrogens (primary N) is 1. The van der Waals surface area contributed by atoms with Crippen LogP contribution < -0.4 is 5.73 Å². The zero-order chi connectivity index (χ0) is 13.4. The molecule has 1 aromatic carbocycles. The molecule has 3 aromatic rings. The molecule has 3 rings (SSSR count). The highest BCUT2D eigenvalue weighted by molar-refractivity contribution is 5.88. The lowest BCUT2D eigenvalue weighted by atomic mass is 10.1. The molecule has 0 unspecified atom stereocenters. The van der Waals surface area contributed by atoms with Crippen LogP contribution in [-0.2, 0) is 13.5 Å². The molecule has 0 aliphatic rings. The van der Waals surface area contributed by atoms with Crippen LogP contribution in [0.15, 0.2) is 30.3 Å². The van der Waals surface area contributed by atoms with E-state index in [0.29, 0.717) is 11.6 Å². The summed E-state index contributed by atoms with van der Waals surface area (Å²) in [6.07, 6.45) is 0.731. The third-order valence-electron chi connectivity index (χ3n) is 3.11. The second kappa shape index (κ2) is 4.35. The fraction of sp³-hybridized carbons (Fsp3) is 0.214. The highest BCUT2D eigenvalue weighted by atomic mass is 15.3. The summed E-state index contributed by atoms with van der Waals surface area (Å²) in [6, 6.07) is 10.2. The van der Waals surface area contributed by atoms with Crippen molar-refractivity contribution in [3.05, 3.63) is 47.4 Å². The Kier molecular flexibility index (Phi) is 2.67. The van der Waals surface area contributed by atoms with Crippen molar-refractivity contribution < 1.29 is 0 Å². The predicted molar refractivity (Wildman–Crippen MR) is 74.7 cm³/mol. The number of fused-ring (bicyclic) bond motifs is 1. The van der Waals surface area contributed by atoms with Gasteiger partial charge in [-0.2, -0.15) is 5.10 Å². The maximum absolute atomic E-state index is 6.02. The summed E-state index contributed by atoms with van der Waals surface area (Å²) >= 11 is 0. The van der Waals surface area contributed by atoms with E-state index in [2.05, 4.69) is 27.2 Å². The van der Waals surface area contributed by atoms with Gasteiger partial charge in [0.1, 0.15) is 11.6 Å². The van der Waals surface area contributed by atoms with E-state index in [4.69, 9.17) is 5.73 Å². The first-order valence-electron chi connectivity index (χ1n) is 6.15. The van der Waals surface area contributed by atoms with Gasteiger partial charge in [-0.1, -0.05) is 30.3 Å². The van der Waals surface area contributed by atoms with Crippen LogP contribution in [0.2, 0.25) is 0 Å². The Labute approximate surface area is 111 Å². The van der Waals surface area contributed by atoms with Gasteiger partial charge in [-0.3, -0.25) is 0 Å². The first kappa shape index (κ1) is 11.6. The Morgan fingerprint density at radius 2 is 1.89 bits per heavy atom. The number of aryl methyl sites for hydroxylation is 2. The van der Waals surface area contributed by atoms with Gasteiger partial charge >= 0.3 is 0 Å². The second-order valence-electron chi connectivity index (χ2n) is 4.59. The minimum atomic E-state index is 0.501. The van der Waals surface area contributed by atoms with Crippen LogP contribution in [0, 0.1) is 6.92 Å². The van der Waals surface area contributed by atoms with Crippen molar-refractivity contribution in [2.24, 2.45) is 7.05 Å². The van der Waals surface area contributed by atoms with E-state index in [1.54, 1.807) is 4.68 Å². The number of aromatic nitrogens is 4. The molecular formula is C14H15N5. The van der Waals surface area contributed by atoms with Gasteiger partial charge in [-0.05, 0) is 12.5 Å². The maximum atomic E-state index is 6.02. The van der Waals surface area contributed by atoms with Crippen LogP contribution in [0.3, 0.4) is 0 Å². The molecule has 0 saturated carbocycles. The molecule has 0 saturated heterocycles. The Morgan fingerprint density at radius 3 is 2.63 bits per heavy atom. The molecule has 96 valence electrons. The van der Waals surface area contributed by atoms with E-state index in [9.17, 15) is 0 Å². The Balaban J connectivity index is 2.15. The van der Waals surface area contributed by atoms with Crippen LogP contribution in [0.5, 0.6) is 0 Å². The number of rotatable bonds is 2. The van der Waals surface area contributed by atoms with Crippen molar-refractivity contribution in [1.29, 1.82) is 0 Å². The monoisotopic (exact) mass is 253 g/mol. The van der Waals surface area contributed by atoms with Crippen LogP contribution in [-0.4, -0.2) is 19.7 Å². The van der Waals surface area contributed by atoms with Crippen molar-refractivity contribution in [1.82, 2.24) is 19.7 Å². The molecule has 2 aromatic heterocycles. The van der Waals surface area contributed by atoms with E-state index in [1.165, 1.54) is 5.56 Å². The SMILES string of the molecule is Cc1nc(N)c2c(Cc3ccccc3)nn(C)c2n1. The quantitative estimate of drug-likeness (QED) is 0.756. The van der Waals surface area contributed by atoms with Crippen molar-refractivity contribution in [2.75, 3.05) is 5.73 Å². The van der Waals surface area contributed by atoms with E-state index in [1.807, 2.05) is 32.2 Å². The van der Waals surface area contributed by atoms with Gasteiger partial charge < -0.3 is 5.73 Å². The highest BCUT2D eigenvalue weighted by Crippen LogP contribution is 2.23. The molecule has 5 nitrogen and oxygen atoms in total. The average molecular weight is 253 g/mol. The largest absolute Gasteiger partial charge is 0.383 e. The molecule has 2 N–H and O–H groups in total. The van der Waals surface area contributed by atoms with Crippen molar-refractivity contribution in [2.45, 2.75) is 13.3 Å². The van der Waals surface area contributed by atoms with E-state index in [-0.39, 0.29) is 0 Å². The standard InChI is InChI=1S/C14H15N5/c1-9-16-13(15)12-11(18-19(2)14(12)17-9)8-10-6-4-3-5-7-10/h3-7H,8H2,1-2H3,(H2,15,16,17). The third-order valence-corrected chi connectivity index (χ3v) is 3.11. The lowest BCUT2D eigenvalue weighted by Gasteiger charge is -2.01. The van der Waals surface area contributed by atoms with Gasteiger partial charge in [0, 0.05) is 13.5 Å². The molecule has 0 fully saturated rings. The number of nitrogens with zero attached hydrogens (tertiary/aromatic N) is 4. The number of benzene rings is 1. The summed E-state index contributed by atoms with van der Waals surface area (Å²) in [6.45, 7) is 1.83. The summed E-state index contributed by atoms with van der Waals surface area (Å²) in [5.74, 6) is 1.17. The van der Waals surface area contributed by atoms with Gasteiger partial charge in [0.25, 0.3) is 0 Å².